The molecule has 2 rings (SSSR count). The molecule has 1 aromatic rings. The van der Waals surface area contributed by atoms with E-state index in [-0.39, 0.29) is 18.5 Å². The molecule has 7 heteroatoms. The molecule has 96 valence electrons. The Kier molecular flexibility index (Phi) is 3.72. The van der Waals surface area contributed by atoms with Gasteiger partial charge >= 0.3 is 0 Å². The molecule has 2 atom stereocenters. The lowest BCUT2D eigenvalue weighted by Crippen LogP contribution is -2.45. The van der Waals surface area contributed by atoms with Gasteiger partial charge in [-0.1, -0.05) is 5.16 Å². The van der Waals surface area contributed by atoms with Crippen molar-refractivity contribution in [1.29, 1.82) is 0 Å². The highest BCUT2D eigenvalue weighted by Crippen LogP contribution is 2.22. The van der Waals surface area contributed by atoms with Gasteiger partial charge in [-0.2, -0.15) is 4.98 Å². The zero-order valence-electron chi connectivity index (χ0n) is 10.2. The maximum absolute atomic E-state index is 9.51. The summed E-state index contributed by atoms with van der Waals surface area (Å²) in [6, 6.07) is 0.108. The van der Waals surface area contributed by atoms with Crippen molar-refractivity contribution in [2.24, 2.45) is 5.73 Å². The third-order valence-corrected chi connectivity index (χ3v) is 3.11. The van der Waals surface area contributed by atoms with E-state index in [1.165, 1.54) is 0 Å². The van der Waals surface area contributed by atoms with E-state index < -0.39 is 6.10 Å². The minimum Gasteiger partial charge on any atom is -0.382 e. The molecule has 1 fully saturated rings. The molecular formula is C10H19N5O2. The summed E-state index contributed by atoms with van der Waals surface area (Å²) >= 11 is 0. The predicted molar refractivity (Wildman–Crippen MR) is 61.2 cm³/mol. The molecule has 3 N–H and O–H groups in total. The third-order valence-electron chi connectivity index (χ3n) is 3.11. The van der Waals surface area contributed by atoms with Crippen LogP contribution in [0.3, 0.4) is 0 Å². The van der Waals surface area contributed by atoms with Crippen LogP contribution in [0.2, 0.25) is 0 Å². The fourth-order valence-electron chi connectivity index (χ4n) is 1.91. The summed E-state index contributed by atoms with van der Waals surface area (Å²) in [4.78, 5) is 8.62. The number of hydrogen-bond donors (Lipinski definition) is 2. The van der Waals surface area contributed by atoms with Gasteiger partial charge in [-0.3, -0.25) is 4.90 Å². The monoisotopic (exact) mass is 241 g/mol. The molecule has 1 aliphatic heterocycles. The molecule has 17 heavy (non-hydrogen) atoms. The first-order chi connectivity index (χ1) is 8.11. The SMILES string of the molecule is CN1CCN(C)C(c2noc([C@@H](O)CN)n2)C1. The van der Waals surface area contributed by atoms with Crippen molar-refractivity contribution in [3.63, 3.8) is 0 Å². The van der Waals surface area contributed by atoms with Gasteiger partial charge in [0.2, 0.25) is 0 Å². The maximum atomic E-state index is 9.51. The van der Waals surface area contributed by atoms with Gasteiger partial charge in [0, 0.05) is 26.2 Å². The molecule has 1 unspecified atom stereocenters. The minimum atomic E-state index is -0.872. The quantitative estimate of drug-likeness (QED) is 0.699. The van der Waals surface area contributed by atoms with Crippen LogP contribution in [0.15, 0.2) is 4.52 Å². The van der Waals surface area contributed by atoms with Crippen LogP contribution in [-0.2, 0) is 0 Å². The largest absolute Gasteiger partial charge is 0.382 e. The number of hydrogen-bond acceptors (Lipinski definition) is 7. The Labute approximate surface area is 100 Å². The van der Waals surface area contributed by atoms with Crippen LogP contribution in [0.1, 0.15) is 23.9 Å². The Morgan fingerprint density at radius 2 is 2.29 bits per heavy atom. The number of piperazine rings is 1. The summed E-state index contributed by atoms with van der Waals surface area (Å²) in [5.41, 5.74) is 5.34. The number of nitrogens with zero attached hydrogens (tertiary/aromatic N) is 4. The number of nitrogens with two attached hydrogens (primary N) is 1. The molecule has 1 aromatic heterocycles. The second-order valence-electron chi connectivity index (χ2n) is 4.50. The molecule has 7 nitrogen and oxygen atoms in total. The first kappa shape index (κ1) is 12.4. The van der Waals surface area contributed by atoms with Gasteiger partial charge in [-0.15, -0.1) is 0 Å². The Morgan fingerprint density at radius 3 is 3.00 bits per heavy atom. The van der Waals surface area contributed by atoms with Crippen LogP contribution in [0.25, 0.3) is 0 Å². The highest BCUT2D eigenvalue weighted by Gasteiger charge is 2.28. The van der Waals surface area contributed by atoms with Crippen molar-refractivity contribution < 1.29 is 9.63 Å². The fraction of sp³-hybridized carbons (Fsp3) is 0.800. The van der Waals surface area contributed by atoms with Crippen LogP contribution in [0, 0.1) is 0 Å². The summed E-state index contributed by atoms with van der Waals surface area (Å²) in [5, 5.41) is 13.4. The third kappa shape index (κ3) is 2.63. The van der Waals surface area contributed by atoms with Gasteiger partial charge in [0.1, 0.15) is 6.10 Å². The molecule has 0 amide bonds. The van der Waals surface area contributed by atoms with Gasteiger partial charge in [0.25, 0.3) is 5.89 Å². The molecular weight excluding hydrogens is 222 g/mol. The van der Waals surface area contributed by atoms with Crippen molar-refractivity contribution in [1.82, 2.24) is 19.9 Å². The van der Waals surface area contributed by atoms with Crippen LogP contribution < -0.4 is 5.73 Å². The van der Waals surface area contributed by atoms with Crippen LogP contribution >= 0.6 is 0 Å². The summed E-state index contributed by atoms with van der Waals surface area (Å²) in [7, 11) is 4.10. The Bertz CT molecular complexity index is 369. The second kappa shape index (κ2) is 5.09. The molecule has 0 aromatic carbocycles. The lowest BCUT2D eigenvalue weighted by molar-refractivity contribution is 0.107. The average Bonchev–Trinajstić information content (AvgIpc) is 2.80. The number of aromatic nitrogens is 2. The van der Waals surface area contributed by atoms with Gasteiger partial charge in [-0.25, -0.2) is 0 Å². The van der Waals surface area contributed by atoms with E-state index >= 15 is 0 Å². The van der Waals surface area contributed by atoms with E-state index in [0.29, 0.717) is 5.82 Å². The van der Waals surface area contributed by atoms with Crippen molar-refractivity contribution in [2.75, 3.05) is 40.3 Å². The molecule has 0 aliphatic carbocycles. The number of aliphatic hydroxyl groups excluding tert-OH is 1. The molecule has 1 saturated heterocycles. The Hall–Kier alpha value is -1.02. The zero-order valence-corrected chi connectivity index (χ0v) is 10.2. The van der Waals surface area contributed by atoms with Gasteiger partial charge in [-0.05, 0) is 14.1 Å². The molecule has 2 heterocycles. The standard InChI is InChI=1S/C10H19N5O2/c1-14-3-4-15(2)7(6-14)9-12-10(17-13-9)8(16)5-11/h7-8,16H,3-6,11H2,1-2H3/t7?,8-/m0/s1. The smallest absolute Gasteiger partial charge is 0.256 e. The fourth-order valence-corrected chi connectivity index (χ4v) is 1.91. The topological polar surface area (TPSA) is 91.7 Å². The molecule has 0 radical (unpaired) electrons. The number of likely N-dealkylation sites (N-methyl/N-ethyl adjacent to an activating group) is 2. The molecule has 0 spiro atoms. The van der Waals surface area contributed by atoms with Crippen molar-refractivity contribution >= 4 is 0 Å². The summed E-state index contributed by atoms with van der Waals surface area (Å²) in [6.45, 7) is 2.93. The minimum absolute atomic E-state index is 0.0854. The summed E-state index contributed by atoms with van der Waals surface area (Å²) in [5.74, 6) is 0.811. The molecule has 0 saturated carbocycles. The van der Waals surface area contributed by atoms with E-state index in [4.69, 9.17) is 10.3 Å². The van der Waals surface area contributed by atoms with Crippen molar-refractivity contribution in [3.05, 3.63) is 11.7 Å². The van der Waals surface area contributed by atoms with Gasteiger partial charge < -0.3 is 20.3 Å². The number of aliphatic hydroxyl groups is 1. The van der Waals surface area contributed by atoms with Crippen LogP contribution in [0.5, 0.6) is 0 Å². The summed E-state index contributed by atoms with van der Waals surface area (Å²) < 4.78 is 5.02. The normalized spacial score (nSPS) is 25.1. The van der Waals surface area contributed by atoms with Crippen molar-refractivity contribution in [2.45, 2.75) is 12.1 Å². The highest BCUT2D eigenvalue weighted by molar-refractivity contribution is 4.99. The first-order valence-corrected chi connectivity index (χ1v) is 5.72. The van der Waals surface area contributed by atoms with Crippen LogP contribution in [0.4, 0.5) is 0 Å². The lowest BCUT2D eigenvalue weighted by Gasteiger charge is -2.35. The van der Waals surface area contributed by atoms with Gasteiger partial charge in [0.15, 0.2) is 5.82 Å². The number of rotatable bonds is 3. The lowest BCUT2D eigenvalue weighted by atomic mass is 10.2. The summed E-state index contributed by atoms with van der Waals surface area (Å²) in [6.07, 6.45) is -0.872. The van der Waals surface area contributed by atoms with E-state index in [1.807, 2.05) is 7.05 Å². The average molecular weight is 241 g/mol. The predicted octanol–water partition coefficient (Wildman–Crippen LogP) is -1.02. The van der Waals surface area contributed by atoms with Crippen molar-refractivity contribution in [3.8, 4) is 0 Å². The van der Waals surface area contributed by atoms with Gasteiger partial charge in [0.05, 0.1) is 6.04 Å². The molecule has 1 aliphatic rings. The zero-order chi connectivity index (χ0) is 12.4. The maximum Gasteiger partial charge on any atom is 0.256 e. The van der Waals surface area contributed by atoms with E-state index in [9.17, 15) is 5.11 Å². The second-order valence-corrected chi connectivity index (χ2v) is 4.50. The van der Waals surface area contributed by atoms with E-state index in [1.54, 1.807) is 0 Å². The Morgan fingerprint density at radius 1 is 1.53 bits per heavy atom. The highest BCUT2D eigenvalue weighted by atomic mass is 16.5. The van der Waals surface area contributed by atoms with Crippen LogP contribution in [-0.4, -0.2) is 65.3 Å². The Balaban J connectivity index is 2.13. The van der Waals surface area contributed by atoms with E-state index in [2.05, 4.69) is 27.0 Å². The molecule has 0 bridgehead atoms. The first-order valence-electron chi connectivity index (χ1n) is 5.72. The van der Waals surface area contributed by atoms with E-state index in [0.717, 1.165) is 19.6 Å².